The topological polar surface area (TPSA) is 101 Å². The molecule has 0 bridgehead atoms. The van der Waals surface area contributed by atoms with Gasteiger partial charge in [-0.3, -0.25) is 10.1 Å². The average Bonchev–Trinajstić information content (AvgIpc) is 2.44. The van der Waals surface area contributed by atoms with Gasteiger partial charge < -0.3 is 16.2 Å². The second-order valence-electron chi connectivity index (χ2n) is 5.44. The molecule has 110 valence electrons. The summed E-state index contributed by atoms with van der Waals surface area (Å²) in [5.74, 6) is 0.738. The number of benzene rings is 1. The predicted molar refractivity (Wildman–Crippen MR) is 78.5 cm³/mol. The SMILES string of the molecule is Nc1cc(NCC2CCCCC2CO)cc([N+](=O)[O-])c1. The van der Waals surface area contributed by atoms with Crippen LogP contribution in [0.2, 0.25) is 0 Å². The molecule has 6 nitrogen and oxygen atoms in total. The van der Waals surface area contributed by atoms with Gasteiger partial charge >= 0.3 is 0 Å². The van der Waals surface area contributed by atoms with Gasteiger partial charge in [0, 0.05) is 36.7 Å². The van der Waals surface area contributed by atoms with Gasteiger partial charge in [-0.2, -0.15) is 0 Å². The smallest absolute Gasteiger partial charge is 0.273 e. The zero-order valence-corrected chi connectivity index (χ0v) is 11.4. The molecular formula is C14H21N3O3. The van der Waals surface area contributed by atoms with Crippen LogP contribution in [0.25, 0.3) is 0 Å². The highest BCUT2D eigenvalue weighted by Gasteiger charge is 2.24. The summed E-state index contributed by atoms with van der Waals surface area (Å²) in [4.78, 5) is 10.4. The molecule has 1 aromatic rings. The summed E-state index contributed by atoms with van der Waals surface area (Å²) in [6.07, 6.45) is 4.49. The third kappa shape index (κ3) is 3.60. The highest BCUT2D eigenvalue weighted by atomic mass is 16.6. The lowest BCUT2D eigenvalue weighted by atomic mass is 9.79. The van der Waals surface area contributed by atoms with E-state index in [0.29, 0.717) is 29.8 Å². The number of aliphatic hydroxyl groups is 1. The van der Waals surface area contributed by atoms with Crippen LogP contribution in [0.3, 0.4) is 0 Å². The fourth-order valence-corrected chi connectivity index (χ4v) is 2.88. The first-order valence-electron chi connectivity index (χ1n) is 7.00. The molecule has 4 N–H and O–H groups in total. The van der Waals surface area contributed by atoms with Crippen molar-refractivity contribution in [2.24, 2.45) is 11.8 Å². The zero-order valence-electron chi connectivity index (χ0n) is 11.4. The summed E-state index contributed by atoms with van der Waals surface area (Å²) >= 11 is 0. The Balaban J connectivity index is 2.01. The average molecular weight is 279 g/mol. The Hall–Kier alpha value is -1.82. The fourth-order valence-electron chi connectivity index (χ4n) is 2.88. The van der Waals surface area contributed by atoms with Crippen molar-refractivity contribution < 1.29 is 10.0 Å². The third-order valence-corrected chi connectivity index (χ3v) is 4.02. The van der Waals surface area contributed by atoms with E-state index in [1.165, 1.54) is 25.0 Å². The van der Waals surface area contributed by atoms with Crippen LogP contribution < -0.4 is 11.1 Å². The van der Waals surface area contributed by atoms with Crippen molar-refractivity contribution in [3.8, 4) is 0 Å². The van der Waals surface area contributed by atoms with E-state index in [-0.39, 0.29) is 12.3 Å². The lowest BCUT2D eigenvalue weighted by molar-refractivity contribution is -0.384. The number of rotatable bonds is 5. The van der Waals surface area contributed by atoms with E-state index in [2.05, 4.69) is 5.32 Å². The summed E-state index contributed by atoms with van der Waals surface area (Å²) in [5.41, 5.74) is 6.71. The number of nitrogens with two attached hydrogens (primary N) is 1. The van der Waals surface area contributed by atoms with E-state index < -0.39 is 4.92 Å². The van der Waals surface area contributed by atoms with Crippen molar-refractivity contribution in [1.29, 1.82) is 0 Å². The van der Waals surface area contributed by atoms with Gasteiger partial charge in [0.1, 0.15) is 0 Å². The summed E-state index contributed by atoms with van der Waals surface area (Å²) in [6.45, 7) is 0.926. The monoisotopic (exact) mass is 279 g/mol. The van der Waals surface area contributed by atoms with Gasteiger partial charge in [-0.15, -0.1) is 0 Å². The number of anilines is 2. The lowest BCUT2D eigenvalue weighted by Gasteiger charge is -2.30. The molecule has 2 atom stereocenters. The standard InChI is InChI=1S/C14H21N3O3/c15-12-5-13(7-14(6-12)17(19)20)16-8-10-3-1-2-4-11(10)9-18/h5-7,10-11,16,18H,1-4,8-9,15H2. The van der Waals surface area contributed by atoms with E-state index in [1.54, 1.807) is 6.07 Å². The van der Waals surface area contributed by atoms with Gasteiger partial charge in [-0.05, 0) is 30.7 Å². The van der Waals surface area contributed by atoms with Crippen LogP contribution >= 0.6 is 0 Å². The van der Waals surface area contributed by atoms with E-state index in [4.69, 9.17) is 5.73 Å². The molecule has 0 aliphatic heterocycles. The largest absolute Gasteiger partial charge is 0.398 e. The molecule has 0 amide bonds. The Morgan fingerprint density at radius 2 is 2.00 bits per heavy atom. The molecule has 6 heteroatoms. The van der Waals surface area contributed by atoms with Gasteiger partial charge in [0.05, 0.1) is 4.92 Å². The first-order valence-corrected chi connectivity index (χ1v) is 7.00. The molecule has 1 fully saturated rings. The number of non-ortho nitro benzene ring substituents is 1. The van der Waals surface area contributed by atoms with Crippen molar-refractivity contribution in [2.45, 2.75) is 25.7 Å². The first-order chi connectivity index (χ1) is 9.60. The molecule has 1 aromatic carbocycles. The number of aliphatic hydroxyl groups excluding tert-OH is 1. The molecule has 0 radical (unpaired) electrons. The zero-order chi connectivity index (χ0) is 14.5. The molecule has 0 aromatic heterocycles. The van der Waals surface area contributed by atoms with Gasteiger partial charge in [-0.25, -0.2) is 0 Å². The van der Waals surface area contributed by atoms with E-state index in [1.807, 2.05) is 0 Å². The van der Waals surface area contributed by atoms with E-state index in [0.717, 1.165) is 12.8 Å². The van der Waals surface area contributed by atoms with Crippen molar-refractivity contribution in [3.63, 3.8) is 0 Å². The molecule has 1 aliphatic carbocycles. The maximum atomic E-state index is 10.8. The number of nitrogens with one attached hydrogen (secondary N) is 1. The third-order valence-electron chi connectivity index (χ3n) is 4.02. The van der Waals surface area contributed by atoms with Gasteiger partial charge in [-0.1, -0.05) is 12.8 Å². The minimum absolute atomic E-state index is 0.00477. The van der Waals surface area contributed by atoms with Crippen LogP contribution in [-0.4, -0.2) is 23.2 Å². The highest BCUT2D eigenvalue weighted by Crippen LogP contribution is 2.30. The maximum absolute atomic E-state index is 10.8. The summed E-state index contributed by atoms with van der Waals surface area (Å²) in [5, 5.41) is 23.4. The Labute approximate surface area is 118 Å². The minimum atomic E-state index is -0.446. The van der Waals surface area contributed by atoms with E-state index in [9.17, 15) is 15.2 Å². The molecule has 0 spiro atoms. The molecule has 1 aliphatic rings. The van der Waals surface area contributed by atoms with Crippen molar-refractivity contribution in [3.05, 3.63) is 28.3 Å². The molecule has 0 heterocycles. The van der Waals surface area contributed by atoms with Crippen molar-refractivity contribution >= 4 is 17.1 Å². The number of hydrogen-bond acceptors (Lipinski definition) is 5. The van der Waals surface area contributed by atoms with Crippen LogP contribution in [0.4, 0.5) is 17.1 Å². The predicted octanol–water partition coefficient (Wildman–Crippen LogP) is 2.39. The van der Waals surface area contributed by atoms with Crippen molar-refractivity contribution in [2.75, 3.05) is 24.2 Å². The van der Waals surface area contributed by atoms with Crippen LogP contribution in [0.5, 0.6) is 0 Å². The fraction of sp³-hybridized carbons (Fsp3) is 0.571. The van der Waals surface area contributed by atoms with E-state index >= 15 is 0 Å². The molecule has 0 saturated heterocycles. The Bertz CT molecular complexity index is 479. The van der Waals surface area contributed by atoms with Crippen molar-refractivity contribution in [1.82, 2.24) is 0 Å². The maximum Gasteiger partial charge on any atom is 0.273 e. The van der Waals surface area contributed by atoms with Gasteiger partial charge in [0.25, 0.3) is 5.69 Å². The molecule has 2 rings (SSSR count). The molecular weight excluding hydrogens is 258 g/mol. The summed E-state index contributed by atoms with van der Waals surface area (Å²) in [7, 11) is 0. The minimum Gasteiger partial charge on any atom is -0.398 e. The number of nitro groups is 1. The van der Waals surface area contributed by atoms with Crippen LogP contribution in [0, 0.1) is 22.0 Å². The Kier molecular flexibility index (Phi) is 4.79. The number of nitro benzene ring substituents is 1. The molecule has 20 heavy (non-hydrogen) atoms. The summed E-state index contributed by atoms with van der Waals surface area (Å²) in [6, 6.07) is 4.54. The second-order valence-corrected chi connectivity index (χ2v) is 5.44. The lowest BCUT2D eigenvalue weighted by Crippen LogP contribution is -2.28. The Morgan fingerprint density at radius 1 is 1.30 bits per heavy atom. The quantitative estimate of drug-likeness (QED) is 0.436. The van der Waals surface area contributed by atoms with Crippen LogP contribution in [0.1, 0.15) is 25.7 Å². The van der Waals surface area contributed by atoms with Gasteiger partial charge in [0.2, 0.25) is 0 Å². The number of nitrogens with zero attached hydrogens (tertiary/aromatic N) is 1. The summed E-state index contributed by atoms with van der Waals surface area (Å²) < 4.78 is 0. The van der Waals surface area contributed by atoms with Crippen LogP contribution in [0.15, 0.2) is 18.2 Å². The molecule has 2 unspecified atom stereocenters. The van der Waals surface area contributed by atoms with Gasteiger partial charge in [0.15, 0.2) is 0 Å². The van der Waals surface area contributed by atoms with Crippen LogP contribution in [-0.2, 0) is 0 Å². The Morgan fingerprint density at radius 3 is 2.65 bits per heavy atom. The first kappa shape index (κ1) is 14.6. The number of nitrogen functional groups attached to an aromatic ring is 1. The molecule has 1 saturated carbocycles. The second kappa shape index (κ2) is 6.56. The highest BCUT2D eigenvalue weighted by molar-refractivity contribution is 5.61. The number of hydrogen-bond donors (Lipinski definition) is 3. The normalized spacial score (nSPS) is 22.4.